The third kappa shape index (κ3) is 2.55. The lowest BCUT2D eigenvalue weighted by Crippen LogP contribution is -2.36. The molecule has 1 saturated heterocycles. The van der Waals surface area contributed by atoms with Crippen molar-refractivity contribution in [3.8, 4) is 0 Å². The molecule has 3 rings (SSSR count). The lowest BCUT2D eigenvalue weighted by molar-refractivity contribution is 0.122. The number of nitrogens with zero attached hydrogens (tertiary/aromatic N) is 2. The molecule has 1 fully saturated rings. The lowest BCUT2D eigenvalue weighted by Gasteiger charge is -2.29. The molecule has 3 nitrogen and oxygen atoms in total. The lowest BCUT2D eigenvalue weighted by atomic mass is 10.1. The number of alkyl halides is 2. The van der Waals surface area contributed by atoms with Gasteiger partial charge in [-0.1, -0.05) is 11.6 Å². The van der Waals surface area contributed by atoms with E-state index in [-0.39, 0.29) is 5.69 Å². The molecular weight excluding hydrogens is 286 g/mol. The number of rotatable bonds is 2. The minimum Gasteiger partial charge on any atom is -0.378 e. The van der Waals surface area contributed by atoms with Gasteiger partial charge in [-0.15, -0.1) is 0 Å². The van der Waals surface area contributed by atoms with Gasteiger partial charge in [-0.3, -0.25) is 0 Å². The number of aromatic nitrogens is 1. The van der Waals surface area contributed by atoms with Crippen molar-refractivity contribution >= 4 is 28.2 Å². The van der Waals surface area contributed by atoms with E-state index in [1.807, 2.05) is 12.1 Å². The number of anilines is 1. The van der Waals surface area contributed by atoms with Crippen LogP contribution >= 0.6 is 11.6 Å². The van der Waals surface area contributed by atoms with E-state index in [0.29, 0.717) is 29.1 Å². The molecule has 0 saturated carbocycles. The SMILES string of the molecule is FC(F)c1cc(Cl)c2ccc(N3CCOCC3)cc2n1. The third-order valence-electron chi connectivity index (χ3n) is 3.36. The molecule has 6 heteroatoms. The highest BCUT2D eigenvalue weighted by molar-refractivity contribution is 6.35. The monoisotopic (exact) mass is 298 g/mol. The summed E-state index contributed by atoms with van der Waals surface area (Å²) in [6, 6.07) is 6.79. The van der Waals surface area contributed by atoms with Crippen LogP contribution in [0.3, 0.4) is 0 Å². The molecule has 1 aromatic heterocycles. The Morgan fingerprint density at radius 2 is 1.95 bits per heavy atom. The number of ether oxygens (including phenoxy) is 1. The van der Waals surface area contributed by atoms with E-state index >= 15 is 0 Å². The molecule has 1 aliphatic rings. The van der Waals surface area contributed by atoms with E-state index in [4.69, 9.17) is 16.3 Å². The van der Waals surface area contributed by atoms with Gasteiger partial charge in [0.15, 0.2) is 0 Å². The van der Waals surface area contributed by atoms with Crippen LogP contribution in [0.2, 0.25) is 5.02 Å². The maximum absolute atomic E-state index is 12.8. The Labute approximate surface area is 120 Å². The first-order chi connectivity index (χ1) is 9.65. The number of morpholine rings is 1. The summed E-state index contributed by atoms with van der Waals surface area (Å²) in [5, 5.41) is 0.993. The largest absolute Gasteiger partial charge is 0.378 e. The molecule has 0 N–H and O–H groups in total. The number of benzene rings is 1. The van der Waals surface area contributed by atoms with Crippen LogP contribution in [-0.4, -0.2) is 31.3 Å². The van der Waals surface area contributed by atoms with Crippen molar-refractivity contribution < 1.29 is 13.5 Å². The maximum atomic E-state index is 12.8. The van der Waals surface area contributed by atoms with Gasteiger partial charge >= 0.3 is 0 Å². The fraction of sp³-hybridized carbons (Fsp3) is 0.357. The molecule has 0 aliphatic carbocycles. The van der Waals surface area contributed by atoms with Gasteiger partial charge in [0.05, 0.1) is 23.8 Å². The van der Waals surface area contributed by atoms with Crippen LogP contribution in [0.1, 0.15) is 12.1 Å². The van der Waals surface area contributed by atoms with Crippen LogP contribution in [0, 0.1) is 0 Å². The number of halogens is 3. The standard InChI is InChI=1S/C14H13ClF2N2O/c15-11-8-13(14(16)17)18-12-7-9(1-2-10(11)12)19-3-5-20-6-4-19/h1-2,7-8,14H,3-6H2. The number of hydrogen-bond donors (Lipinski definition) is 0. The summed E-state index contributed by atoms with van der Waals surface area (Å²) in [4.78, 5) is 6.15. The zero-order valence-electron chi connectivity index (χ0n) is 10.7. The first-order valence-corrected chi connectivity index (χ1v) is 6.74. The fourth-order valence-electron chi connectivity index (χ4n) is 2.32. The smallest absolute Gasteiger partial charge is 0.280 e. The Balaban J connectivity index is 2.04. The van der Waals surface area contributed by atoms with Crippen LogP contribution in [0.5, 0.6) is 0 Å². The van der Waals surface area contributed by atoms with Crippen LogP contribution in [0.25, 0.3) is 10.9 Å². The molecule has 0 atom stereocenters. The predicted octanol–water partition coefficient (Wildman–Crippen LogP) is 3.66. The zero-order valence-corrected chi connectivity index (χ0v) is 11.4. The van der Waals surface area contributed by atoms with Crippen LogP contribution < -0.4 is 4.90 Å². The first kappa shape index (κ1) is 13.5. The quantitative estimate of drug-likeness (QED) is 0.846. The summed E-state index contributed by atoms with van der Waals surface area (Å²) in [5.74, 6) is 0. The van der Waals surface area contributed by atoms with Gasteiger partial charge in [0, 0.05) is 24.2 Å². The van der Waals surface area contributed by atoms with E-state index in [2.05, 4.69) is 9.88 Å². The van der Waals surface area contributed by atoms with Crippen molar-refractivity contribution in [2.24, 2.45) is 0 Å². The Morgan fingerprint density at radius 1 is 1.20 bits per heavy atom. The third-order valence-corrected chi connectivity index (χ3v) is 3.68. The summed E-state index contributed by atoms with van der Waals surface area (Å²) in [6.07, 6.45) is -2.62. The highest BCUT2D eigenvalue weighted by Crippen LogP contribution is 2.30. The molecule has 2 heterocycles. The van der Waals surface area contributed by atoms with Crippen LogP contribution in [-0.2, 0) is 4.74 Å². The summed E-state index contributed by atoms with van der Waals surface area (Å²) in [7, 11) is 0. The summed E-state index contributed by atoms with van der Waals surface area (Å²) >= 11 is 6.04. The van der Waals surface area contributed by atoms with Crippen LogP contribution in [0.15, 0.2) is 24.3 Å². The van der Waals surface area contributed by atoms with Crippen molar-refractivity contribution in [1.82, 2.24) is 4.98 Å². The summed E-state index contributed by atoms with van der Waals surface area (Å²) < 4.78 is 30.9. The molecular formula is C14H13ClF2N2O. The Morgan fingerprint density at radius 3 is 2.65 bits per heavy atom. The highest BCUT2D eigenvalue weighted by atomic mass is 35.5. The van der Waals surface area contributed by atoms with Gasteiger partial charge in [0.25, 0.3) is 6.43 Å². The second kappa shape index (κ2) is 5.50. The number of fused-ring (bicyclic) bond motifs is 1. The van der Waals surface area contributed by atoms with Gasteiger partial charge in [-0.25, -0.2) is 13.8 Å². The van der Waals surface area contributed by atoms with E-state index in [1.165, 1.54) is 6.07 Å². The summed E-state index contributed by atoms with van der Waals surface area (Å²) in [5.41, 5.74) is 1.16. The average molecular weight is 299 g/mol. The Hall–Kier alpha value is -1.46. The molecule has 0 spiro atoms. The average Bonchev–Trinajstić information content (AvgIpc) is 2.47. The van der Waals surface area contributed by atoms with Crippen molar-refractivity contribution in [2.45, 2.75) is 6.43 Å². The van der Waals surface area contributed by atoms with Crippen molar-refractivity contribution in [3.63, 3.8) is 0 Å². The zero-order chi connectivity index (χ0) is 14.1. The first-order valence-electron chi connectivity index (χ1n) is 6.36. The van der Waals surface area contributed by atoms with Gasteiger partial charge in [-0.2, -0.15) is 0 Å². The Bertz CT molecular complexity index is 630. The van der Waals surface area contributed by atoms with Crippen molar-refractivity contribution in [3.05, 3.63) is 35.0 Å². The van der Waals surface area contributed by atoms with Gasteiger partial charge in [-0.05, 0) is 24.3 Å². The predicted molar refractivity (Wildman–Crippen MR) is 74.7 cm³/mol. The second-order valence-corrected chi connectivity index (χ2v) is 5.04. The molecule has 0 amide bonds. The van der Waals surface area contributed by atoms with Crippen molar-refractivity contribution in [1.29, 1.82) is 0 Å². The minimum absolute atomic E-state index is 0.290. The van der Waals surface area contributed by atoms with E-state index < -0.39 is 6.43 Å². The topological polar surface area (TPSA) is 25.4 Å². The molecule has 106 valence electrons. The molecule has 2 aromatic rings. The van der Waals surface area contributed by atoms with E-state index in [0.717, 1.165) is 18.8 Å². The van der Waals surface area contributed by atoms with E-state index in [9.17, 15) is 8.78 Å². The highest BCUT2D eigenvalue weighted by Gasteiger charge is 2.15. The number of pyridine rings is 1. The molecule has 1 aliphatic heterocycles. The van der Waals surface area contributed by atoms with Gasteiger partial charge < -0.3 is 9.64 Å². The maximum Gasteiger partial charge on any atom is 0.280 e. The molecule has 0 unspecified atom stereocenters. The van der Waals surface area contributed by atoms with Gasteiger partial charge in [0.2, 0.25) is 0 Å². The minimum atomic E-state index is -2.62. The van der Waals surface area contributed by atoms with E-state index in [1.54, 1.807) is 6.07 Å². The summed E-state index contributed by atoms with van der Waals surface area (Å²) in [6.45, 7) is 2.91. The fourth-order valence-corrected chi connectivity index (χ4v) is 2.60. The normalized spacial score (nSPS) is 16.1. The number of hydrogen-bond acceptors (Lipinski definition) is 3. The molecule has 20 heavy (non-hydrogen) atoms. The van der Waals surface area contributed by atoms with Crippen LogP contribution in [0.4, 0.5) is 14.5 Å². The Kier molecular flexibility index (Phi) is 3.72. The molecule has 1 aromatic carbocycles. The second-order valence-electron chi connectivity index (χ2n) is 4.63. The van der Waals surface area contributed by atoms with Crippen molar-refractivity contribution in [2.75, 3.05) is 31.2 Å². The molecule has 0 bridgehead atoms. The van der Waals surface area contributed by atoms with Gasteiger partial charge in [0.1, 0.15) is 5.69 Å². The molecule has 0 radical (unpaired) electrons.